The molecule has 2 heterocycles. The van der Waals surface area contributed by atoms with Crippen LogP contribution in [-0.4, -0.2) is 55.4 Å². The molecule has 3 rings (SSSR count). The number of carbonyl (C=O) groups excluding carboxylic acids is 1. The highest BCUT2D eigenvalue weighted by Gasteiger charge is 2.25. The molecule has 7 heteroatoms. The second-order valence-electron chi connectivity index (χ2n) is 7.15. The van der Waals surface area contributed by atoms with E-state index in [0.29, 0.717) is 5.92 Å². The molecule has 1 amide bonds. The Balaban J connectivity index is 0.00000280. The van der Waals surface area contributed by atoms with Crippen LogP contribution in [0.15, 0.2) is 52.8 Å². The number of amides is 1. The highest BCUT2D eigenvalue weighted by atomic mass is 127. The van der Waals surface area contributed by atoms with Gasteiger partial charge in [-0.15, -0.1) is 35.3 Å². The van der Waals surface area contributed by atoms with Crippen LogP contribution in [0.2, 0.25) is 0 Å². The Bertz CT molecular complexity index is 749. The van der Waals surface area contributed by atoms with Crippen LogP contribution in [-0.2, 0) is 17.8 Å². The predicted octanol–water partition coefficient (Wildman–Crippen LogP) is 3.46. The fraction of sp³-hybridized carbons (Fsp3) is 0.429. The molecule has 28 heavy (non-hydrogen) atoms. The summed E-state index contributed by atoms with van der Waals surface area (Å²) in [5, 5.41) is 5.54. The zero-order valence-electron chi connectivity index (χ0n) is 16.5. The molecule has 0 aliphatic carbocycles. The van der Waals surface area contributed by atoms with Crippen molar-refractivity contribution in [2.75, 3.05) is 33.7 Å². The molecule has 0 bridgehead atoms. The number of likely N-dealkylation sites (tertiary alicyclic amines) is 1. The van der Waals surface area contributed by atoms with Gasteiger partial charge < -0.3 is 15.1 Å². The van der Waals surface area contributed by atoms with Gasteiger partial charge in [0.15, 0.2) is 5.96 Å². The van der Waals surface area contributed by atoms with E-state index in [1.54, 1.807) is 30.3 Å². The van der Waals surface area contributed by atoms with E-state index in [2.05, 4.69) is 63.1 Å². The minimum Gasteiger partial charge on any atom is -0.351 e. The van der Waals surface area contributed by atoms with Crippen molar-refractivity contribution in [1.82, 2.24) is 15.1 Å². The van der Waals surface area contributed by atoms with Crippen molar-refractivity contribution in [3.63, 3.8) is 0 Å². The van der Waals surface area contributed by atoms with Crippen LogP contribution in [0.25, 0.3) is 0 Å². The maximum Gasteiger partial charge on any atom is 0.243 e. The summed E-state index contributed by atoms with van der Waals surface area (Å²) >= 11 is 1.73. The summed E-state index contributed by atoms with van der Waals surface area (Å²) in [7, 11) is 3.53. The van der Waals surface area contributed by atoms with Gasteiger partial charge >= 0.3 is 0 Å². The number of nitrogens with one attached hydrogen (secondary N) is 1. The third-order valence-corrected chi connectivity index (χ3v) is 5.69. The number of hydrogen-bond acceptors (Lipinski definition) is 3. The number of aliphatic imine (C=N–C) groups is 1. The number of halogens is 1. The van der Waals surface area contributed by atoms with Gasteiger partial charge in [-0.3, -0.25) is 4.79 Å². The fourth-order valence-electron chi connectivity index (χ4n) is 3.27. The van der Waals surface area contributed by atoms with Crippen LogP contribution in [0, 0.1) is 5.92 Å². The van der Waals surface area contributed by atoms with E-state index in [-0.39, 0.29) is 36.4 Å². The average molecular weight is 512 g/mol. The Labute approximate surface area is 188 Å². The van der Waals surface area contributed by atoms with Crippen LogP contribution in [0.5, 0.6) is 0 Å². The summed E-state index contributed by atoms with van der Waals surface area (Å²) in [5.74, 6) is 1.48. The molecule has 1 atom stereocenters. The van der Waals surface area contributed by atoms with Crippen molar-refractivity contribution < 1.29 is 4.79 Å². The lowest BCUT2D eigenvalue weighted by Crippen LogP contribution is -2.40. The number of likely N-dealkylation sites (N-methyl/N-ethyl adjacent to an activating group) is 1. The molecule has 1 aliphatic rings. The molecular weight excluding hydrogens is 483 g/mol. The Morgan fingerprint density at radius 3 is 2.71 bits per heavy atom. The van der Waals surface area contributed by atoms with Crippen molar-refractivity contribution in [1.29, 1.82) is 0 Å². The Hall–Kier alpha value is -1.61. The number of guanidine groups is 1. The van der Waals surface area contributed by atoms with Crippen LogP contribution in [0.4, 0.5) is 0 Å². The summed E-state index contributed by atoms with van der Waals surface area (Å²) in [6.45, 7) is 2.87. The first-order chi connectivity index (χ1) is 13.1. The van der Waals surface area contributed by atoms with E-state index in [1.165, 1.54) is 10.4 Å². The van der Waals surface area contributed by atoms with Gasteiger partial charge in [0.2, 0.25) is 5.91 Å². The first-order valence-corrected chi connectivity index (χ1v) is 10.3. The number of thiophene rings is 1. The minimum atomic E-state index is 0. The number of benzene rings is 1. The molecule has 1 aromatic heterocycles. The first-order valence-electron chi connectivity index (χ1n) is 9.41. The number of nitrogens with zero attached hydrogens (tertiary/aromatic N) is 3. The van der Waals surface area contributed by atoms with E-state index in [0.717, 1.165) is 38.4 Å². The second kappa shape index (κ2) is 11.4. The maximum atomic E-state index is 12.0. The molecule has 1 N–H and O–H groups in total. The van der Waals surface area contributed by atoms with Crippen LogP contribution in [0.1, 0.15) is 16.9 Å². The number of hydrogen-bond donors (Lipinski definition) is 1. The maximum absolute atomic E-state index is 12.0. The van der Waals surface area contributed by atoms with Gasteiger partial charge in [-0.05, 0) is 35.8 Å². The molecule has 0 saturated carbocycles. The summed E-state index contributed by atoms with van der Waals surface area (Å²) in [5.41, 5.74) is 1.39. The van der Waals surface area contributed by atoms with E-state index in [4.69, 9.17) is 0 Å². The average Bonchev–Trinajstić information content (AvgIpc) is 3.34. The molecule has 2 aromatic rings. The molecule has 1 aromatic carbocycles. The van der Waals surface area contributed by atoms with Gasteiger partial charge in [0.1, 0.15) is 6.54 Å². The third-order valence-electron chi connectivity index (χ3n) is 4.82. The highest BCUT2D eigenvalue weighted by molar-refractivity contribution is 14.0. The molecule has 1 fully saturated rings. The van der Waals surface area contributed by atoms with Gasteiger partial charge in [-0.1, -0.05) is 36.4 Å². The first kappa shape index (κ1) is 22.7. The smallest absolute Gasteiger partial charge is 0.243 e. The van der Waals surface area contributed by atoms with E-state index in [9.17, 15) is 4.79 Å². The SMILES string of the molecule is CN(C)C(=O)CN=C(NCc1cccs1)N1CCC(Cc2ccccc2)C1.I. The van der Waals surface area contributed by atoms with E-state index >= 15 is 0 Å². The quantitative estimate of drug-likeness (QED) is 0.367. The molecule has 1 aliphatic heterocycles. The summed E-state index contributed by atoms with van der Waals surface area (Å²) in [6.07, 6.45) is 2.24. The third kappa shape index (κ3) is 6.77. The van der Waals surface area contributed by atoms with Crippen molar-refractivity contribution in [3.8, 4) is 0 Å². The van der Waals surface area contributed by atoms with Gasteiger partial charge in [0.25, 0.3) is 0 Å². The highest BCUT2D eigenvalue weighted by Crippen LogP contribution is 2.21. The second-order valence-corrected chi connectivity index (χ2v) is 8.18. The van der Waals surface area contributed by atoms with Gasteiger partial charge in [0.05, 0.1) is 6.54 Å². The normalized spacial score (nSPS) is 16.6. The Morgan fingerprint density at radius 1 is 1.25 bits per heavy atom. The predicted molar refractivity (Wildman–Crippen MR) is 127 cm³/mol. The van der Waals surface area contributed by atoms with Crippen molar-refractivity contribution in [2.45, 2.75) is 19.4 Å². The lowest BCUT2D eigenvalue weighted by molar-refractivity contribution is -0.127. The lowest BCUT2D eigenvalue weighted by atomic mass is 9.99. The molecule has 1 unspecified atom stereocenters. The topological polar surface area (TPSA) is 47.9 Å². The fourth-order valence-corrected chi connectivity index (χ4v) is 3.91. The largest absolute Gasteiger partial charge is 0.351 e. The lowest BCUT2D eigenvalue weighted by Gasteiger charge is -2.22. The number of carbonyl (C=O) groups is 1. The zero-order valence-corrected chi connectivity index (χ0v) is 19.7. The molecular formula is C21H29IN4OS. The van der Waals surface area contributed by atoms with Gasteiger partial charge in [-0.2, -0.15) is 0 Å². The van der Waals surface area contributed by atoms with Gasteiger partial charge in [-0.25, -0.2) is 4.99 Å². The summed E-state index contributed by atoms with van der Waals surface area (Å²) in [6, 6.07) is 14.8. The van der Waals surface area contributed by atoms with Crippen molar-refractivity contribution >= 4 is 47.2 Å². The number of rotatable bonds is 6. The molecule has 5 nitrogen and oxygen atoms in total. The minimum absolute atomic E-state index is 0. The van der Waals surface area contributed by atoms with E-state index < -0.39 is 0 Å². The molecule has 152 valence electrons. The Kier molecular flexibility index (Phi) is 9.24. The standard InChI is InChI=1S/C21H28N4OS.HI/c1-24(2)20(26)15-23-21(22-14-19-9-6-12-27-19)25-11-10-18(16-25)13-17-7-4-3-5-8-17;/h3-9,12,18H,10-11,13-16H2,1-2H3,(H,22,23);1H. The summed E-state index contributed by atoms with van der Waals surface area (Å²) < 4.78 is 0. The van der Waals surface area contributed by atoms with E-state index in [1.807, 2.05) is 0 Å². The van der Waals surface area contributed by atoms with Crippen molar-refractivity contribution in [3.05, 3.63) is 58.3 Å². The molecule has 0 spiro atoms. The molecule has 1 saturated heterocycles. The monoisotopic (exact) mass is 512 g/mol. The molecule has 0 radical (unpaired) electrons. The van der Waals surface area contributed by atoms with Crippen molar-refractivity contribution in [2.24, 2.45) is 10.9 Å². The zero-order chi connectivity index (χ0) is 19.1. The van der Waals surface area contributed by atoms with Crippen LogP contribution < -0.4 is 5.32 Å². The van der Waals surface area contributed by atoms with Crippen LogP contribution in [0.3, 0.4) is 0 Å². The van der Waals surface area contributed by atoms with Gasteiger partial charge in [0, 0.05) is 32.1 Å². The van der Waals surface area contributed by atoms with Crippen LogP contribution >= 0.6 is 35.3 Å². The Morgan fingerprint density at radius 2 is 2.04 bits per heavy atom. The summed E-state index contributed by atoms with van der Waals surface area (Å²) in [4.78, 5) is 21.7.